The van der Waals surface area contributed by atoms with Crippen LogP contribution in [0.25, 0.3) is 0 Å². The summed E-state index contributed by atoms with van der Waals surface area (Å²) in [6.07, 6.45) is 4.85. The van der Waals surface area contributed by atoms with Crippen LogP contribution in [0.2, 0.25) is 0 Å². The zero-order valence-electron chi connectivity index (χ0n) is 16.1. The highest BCUT2D eigenvalue weighted by molar-refractivity contribution is 7.86. The van der Waals surface area contributed by atoms with E-state index >= 15 is 0 Å². The first-order chi connectivity index (χ1) is 12.4. The molecule has 1 amide bonds. The molecule has 0 aliphatic carbocycles. The predicted molar refractivity (Wildman–Crippen MR) is 99.8 cm³/mol. The van der Waals surface area contributed by atoms with Crippen molar-refractivity contribution in [3.8, 4) is 0 Å². The molecule has 7 nitrogen and oxygen atoms in total. The molecule has 2 atom stereocenters. The highest BCUT2D eigenvalue weighted by atomic mass is 32.2. The highest BCUT2D eigenvalue weighted by Gasteiger charge is 2.40. The van der Waals surface area contributed by atoms with Crippen molar-refractivity contribution in [2.45, 2.75) is 52.1 Å². The number of rotatable bonds is 4. The fraction of sp³-hybridized carbons (Fsp3) is 0.944. The van der Waals surface area contributed by atoms with E-state index in [1.807, 2.05) is 4.90 Å². The minimum atomic E-state index is -3.40. The monoisotopic (exact) mass is 387 g/mol. The van der Waals surface area contributed by atoms with Gasteiger partial charge in [0.2, 0.25) is 5.91 Å². The molecule has 3 rings (SSSR count). The van der Waals surface area contributed by atoms with Gasteiger partial charge in [0.05, 0.1) is 12.0 Å². The van der Waals surface area contributed by atoms with Crippen LogP contribution >= 0.6 is 0 Å². The van der Waals surface area contributed by atoms with E-state index in [4.69, 9.17) is 4.74 Å². The van der Waals surface area contributed by atoms with E-state index < -0.39 is 10.2 Å². The Balaban J connectivity index is 1.57. The molecular weight excluding hydrogens is 354 g/mol. The van der Waals surface area contributed by atoms with Crippen molar-refractivity contribution in [2.75, 3.05) is 45.9 Å². The third-order valence-electron chi connectivity index (χ3n) is 5.88. The Kier molecular flexibility index (Phi) is 6.59. The lowest BCUT2D eigenvalue weighted by molar-refractivity contribution is -0.139. The first-order valence-corrected chi connectivity index (χ1v) is 11.5. The fourth-order valence-electron chi connectivity index (χ4n) is 4.34. The van der Waals surface area contributed by atoms with E-state index in [1.165, 1.54) is 0 Å². The molecule has 0 N–H and O–H groups in total. The first-order valence-electron chi connectivity index (χ1n) is 10.1. The minimum Gasteiger partial charge on any atom is -0.377 e. The largest absolute Gasteiger partial charge is 0.377 e. The topological polar surface area (TPSA) is 70.2 Å². The van der Waals surface area contributed by atoms with Crippen LogP contribution in [0.1, 0.15) is 46.0 Å². The molecule has 0 aromatic heterocycles. The predicted octanol–water partition coefficient (Wildman–Crippen LogP) is 1.31. The van der Waals surface area contributed by atoms with Crippen molar-refractivity contribution in [1.29, 1.82) is 0 Å². The fourth-order valence-corrected chi connectivity index (χ4v) is 6.01. The van der Waals surface area contributed by atoms with Gasteiger partial charge in [0.15, 0.2) is 0 Å². The molecule has 0 radical (unpaired) electrons. The molecule has 2 unspecified atom stereocenters. The molecule has 3 aliphatic heterocycles. The van der Waals surface area contributed by atoms with E-state index in [2.05, 4.69) is 13.8 Å². The maximum atomic E-state index is 12.9. The number of hydrogen-bond acceptors (Lipinski definition) is 4. The molecular formula is C18H33N3O4S. The van der Waals surface area contributed by atoms with E-state index in [0.29, 0.717) is 51.8 Å². The number of carbonyl (C=O) groups is 1. The molecule has 0 aromatic carbocycles. The van der Waals surface area contributed by atoms with Crippen LogP contribution in [0.3, 0.4) is 0 Å². The Labute approximate surface area is 157 Å². The summed E-state index contributed by atoms with van der Waals surface area (Å²) in [6.45, 7) is 7.80. The molecule has 0 saturated carbocycles. The molecule has 0 aromatic rings. The van der Waals surface area contributed by atoms with Gasteiger partial charge < -0.3 is 9.64 Å². The molecule has 26 heavy (non-hydrogen) atoms. The Morgan fingerprint density at radius 2 is 1.50 bits per heavy atom. The van der Waals surface area contributed by atoms with E-state index in [0.717, 1.165) is 32.1 Å². The first kappa shape index (κ1) is 20.0. The second kappa shape index (κ2) is 8.54. The molecule has 3 aliphatic rings. The van der Waals surface area contributed by atoms with Crippen LogP contribution in [0, 0.1) is 11.8 Å². The van der Waals surface area contributed by atoms with E-state index in [-0.39, 0.29) is 17.9 Å². The second-order valence-corrected chi connectivity index (χ2v) is 9.95. The van der Waals surface area contributed by atoms with Gasteiger partial charge >= 0.3 is 0 Å². The number of amides is 1. The summed E-state index contributed by atoms with van der Waals surface area (Å²) in [5.74, 6) is 0.368. The summed E-state index contributed by atoms with van der Waals surface area (Å²) >= 11 is 0. The SMILES string of the molecule is CC(C)C1OCCC1C(=O)N1CCN(S(=O)(=O)N2CCCCCC2)CC1. The summed E-state index contributed by atoms with van der Waals surface area (Å²) in [4.78, 5) is 14.7. The average Bonchev–Trinajstić information content (AvgIpc) is 2.96. The third kappa shape index (κ3) is 4.24. The van der Waals surface area contributed by atoms with Crippen molar-refractivity contribution in [3.05, 3.63) is 0 Å². The van der Waals surface area contributed by atoms with Crippen molar-refractivity contribution in [3.63, 3.8) is 0 Å². The number of piperazine rings is 1. The van der Waals surface area contributed by atoms with Gasteiger partial charge in [-0.25, -0.2) is 0 Å². The molecule has 3 heterocycles. The molecule has 150 valence electrons. The smallest absolute Gasteiger partial charge is 0.282 e. The van der Waals surface area contributed by atoms with Crippen LogP contribution in [-0.4, -0.2) is 79.8 Å². The van der Waals surface area contributed by atoms with Crippen LogP contribution in [0.15, 0.2) is 0 Å². The normalized spacial score (nSPS) is 29.9. The van der Waals surface area contributed by atoms with Crippen molar-refractivity contribution in [2.24, 2.45) is 11.8 Å². The van der Waals surface area contributed by atoms with Crippen LogP contribution < -0.4 is 0 Å². The van der Waals surface area contributed by atoms with Gasteiger partial charge in [-0.05, 0) is 25.2 Å². The Morgan fingerprint density at radius 3 is 2.08 bits per heavy atom. The third-order valence-corrected chi connectivity index (χ3v) is 7.91. The Morgan fingerprint density at radius 1 is 0.923 bits per heavy atom. The Hall–Kier alpha value is -0.700. The van der Waals surface area contributed by atoms with Gasteiger partial charge in [-0.3, -0.25) is 4.79 Å². The maximum Gasteiger partial charge on any atom is 0.282 e. The Bertz CT molecular complexity index is 579. The van der Waals surface area contributed by atoms with Crippen molar-refractivity contribution < 1.29 is 17.9 Å². The van der Waals surface area contributed by atoms with Crippen molar-refractivity contribution in [1.82, 2.24) is 13.5 Å². The van der Waals surface area contributed by atoms with Gasteiger partial charge in [0, 0.05) is 45.9 Å². The van der Waals surface area contributed by atoms with Crippen molar-refractivity contribution >= 4 is 16.1 Å². The summed E-state index contributed by atoms with van der Waals surface area (Å²) < 4.78 is 34.7. The zero-order valence-corrected chi connectivity index (χ0v) is 16.9. The molecule has 0 spiro atoms. The molecule has 8 heteroatoms. The zero-order chi connectivity index (χ0) is 18.7. The van der Waals surface area contributed by atoms with E-state index in [9.17, 15) is 13.2 Å². The second-order valence-electron chi connectivity index (χ2n) is 8.02. The van der Waals surface area contributed by atoms with Gasteiger partial charge in [-0.1, -0.05) is 26.7 Å². The van der Waals surface area contributed by atoms with Crippen LogP contribution in [-0.2, 0) is 19.7 Å². The van der Waals surface area contributed by atoms with Gasteiger partial charge in [-0.2, -0.15) is 17.0 Å². The number of ether oxygens (including phenoxy) is 1. The number of carbonyl (C=O) groups excluding carboxylic acids is 1. The quantitative estimate of drug-likeness (QED) is 0.729. The lowest BCUT2D eigenvalue weighted by Gasteiger charge is -2.38. The van der Waals surface area contributed by atoms with Gasteiger partial charge in [0.25, 0.3) is 10.2 Å². The number of hydrogen-bond donors (Lipinski definition) is 0. The summed E-state index contributed by atoms with van der Waals surface area (Å²) in [6, 6.07) is 0. The lowest BCUT2D eigenvalue weighted by atomic mass is 9.91. The summed E-state index contributed by atoms with van der Waals surface area (Å²) in [7, 11) is -3.40. The molecule has 0 bridgehead atoms. The van der Waals surface area contributed by atoms with E-state index in [1.54, 1.807) is 8.61 Å². The van der Waals surface area contributed by atoms with Gasteiger partial charge in [0.1, 0.15) is 0 Å². The highest BCUT2D eigenvalue weighted by Crippen LogP contribution is 2.29. The minimum absolute atomic E-state index is 0.0126. The molecule has 3 fully saturated rings. The lowest BCUT2D eigenvalue weighted by Crippen LogP contribution is -2.55. The van der Waals surface area contributed by atoms with Gasteiger partial charge in [-0.15, -0.1) is 0 Å². The summed E-state index contributed by atoms with van der Waals surface area (Å²) in [5.41, 5.74) is 0. The number of nitrogens with zero attached hydrogens (tertiary/aromatic N) is 3. The summed E-state index contributed by atoms with van der Waals surface area (Å²) in [5, 5.41) is 0. The van der Waals surface area contributed by atoms with Crippen LogP contribution in [0.5, 0.6) is 0 Å². The molecule has 3 saturated heterocycles. The van der Waals surface area contributed by atoms with Crippen LogP contribution in [0.4, 0.5) is 0 Å². The standard InChI is InChI=1S/C18H33N3O4S/c1-15(2)17-16(7-14-25-17)18(22)19-10-12-21(13-11-19)26(23,24)20-8-5-3-4-6-9-20/h15-17H,3-14H2,1-2H3. The maximum absolute atomic E-state index is 12.9. The average molecular weight is 388 g/mol.